The number of anilines is 1. The molecule has 0 aliphatic carbocycles. The molecule has 2 aromatic rings. The molecular weight excluding hydrogens is 354 g/mol. The summed E-state index contributed by atoms with van der Waals surface area (Å²) in [6, 6.07) is 5.69. The van der Waals surface area contributed by atoms with Gasteiger partial charge < -0.3 is 10.2 Å². The molecular formula is C15H18F2N4O3S. The molecule has 0 aliphatic heterocycles. The van der Waals surface area contributed by atoms with Crippen molar-refractivity contribution < 1.29 is 21.9 Å². The number of sulfone groups is 1. The van der Waals surface area contributed by atoms with Crippen molar-refractivity contribution in [2.45, 2.75) is 24.7 Å². The molecule has 3 N–H and O–H groups in total. The van der Waals surface area contributed by atoms with Gasteiger partial charge in [-0.2, -0.15) is 0 Å². The third-order valence-corrected chi connectivity index (χ3v) is 4.95. The fraction of sp³-hybridized carbons (Fsp3) is 0.333. The smallest absolute Gasteiger partial charge is 0.278 e. The van der Waals surface area contributed by atoms with Gasteiger partial charge in [0.05, 0.1) is 22.5 Å². The van der Waals surface area contributed by atoms with Crippen molar-refractivity contribution in [3.05, 3.63) is 30.5 Å². The first-order chi connectivity index (χ1) is 11.7. The molecule has 136 valence electrons. The number of rotatable bonds is 7. The van der Waals surface area contributed by atoms with Crippen LogP contribution in [0.25, 0.3) is 11.4 Å². The van der Waals surface area contributed by atoms with Crippen LogP contribution in [0, 0.1) is 0 Å². The zero-order valence-electron chi connectivity index (χ0n) is 13.7. The zero-order valence-corrected chi connectivity index (χ0v) is 14.5. The van der Waals surface area contributed by atoms with E-state index in [-0.39, 0.29) is 33.6 Å². The highest BCUT2D eigenvalue weighted by Gasteiger charge is 2.23. The standard InChI is InChI=1S/C15H18F2N4O3S/c1-3-25(22,23)12-6-7-13(21-18)20-14(12)11-5-4-10(8-19-11)24-9-15(2,16)17/h4-8H,3,9,18H2,1-2H3,(H,20,21). The average Bonchev–Trinajstić information content (AvgIpc) is 2.59. The molecule has 0 fully saturated rings. The molecule has 0 saturated heterocycles. The van der Waals surface area contributed by atoms with E-state index in [0.717, 1.165) is 6.92 Å². The Kier molecular flexibility index (Phi) is 5.53. The lowest BCUT2D eigenvalue weighted by molar-refractivity contribution is -0.0230. The number of hydrogen-bond donors (Lipinski definition) is 2. The van der Waals surface area contributed by atoms with E-state index in [9.17, 15) is 17.2 Å². The van der Waals surface area contributed by atoms with Crippen LogP contribution >= 0.6 is 0 Å². The quantitative estimate of drug-likeness (QED) is 0.567. The van der Waals surface area contributed by atoms with Crippen LogP contribution in [0.5, 0.6) is 5.75 Å². The molecule has 25 heavy (non-hydrogen) atoms. The normalized spacial score (nSPS) is 12.0. The first-order valence-electron chi connectivity index (χ1n) is 7.34. The highest BCUT2D eigenvalue weighted by atomic mass is 32.2. The molecule has 2 rings (SSSR count). The monoisotopic (exact) mass is 372 g/mol. The van der Waals surface area contributed by atoms with E-state index >= 15 is 0 Å². The van der Waals surface area contributed by atoms with Crippen LogP contribution in [-0.2, 0) is 9.84 Å². The summed E-state index contributed by atoms with van der Waals surface area (Å²) in [5.74, 6) is 2.64. The minimum absolute atomic E-state index is 0.00950. The third kappa shape index (κ3) is 4.83. The van der Waals surface area contributed by atoms with Crippen LogP contribution in [-0.4, -0.2) is 36.7 Å². The maximum Gasteiger partial charge on any atom is 0.278 e. The SMILES string of the molecule is CCS(=O)(=O)c1ccc(NN)nc1-c1ccc(OCC(C)(F)F)cn1. The molecule has 10 heteroatoms. The molecule has 7 nitrogen and oxygen atoms in total. The summed E-state index contributed by atoms with van der Waals surface area (Å²) in [4.78, 5) is 8.23. The minimum atomic E-state index is -3.54. The van der Waals surface area contributed by atoms with Gasteiger partial charge in [-0.05, 0) is 24.3 Å². The van der Waals surface area contributed by atoms with Gasteiger partial charge in [-0.25, -0.2) is 28.0 Å². The van der Waals surface area contributed by atoms with E-state index in [1.54, 1.807) is 0 Å². The lowest BCUT2D eigenvalue weighted by Gasteiger charge is -2.13. The molecule has 0 aliphatic rings. The van der Waals surface area contributed by atoms with Crippen LogP contribution in [0.4, 0.5) is 14.6 Å². The molecule has 0 radical (unpaired) electrons. The van der Waals surface area contributed by atoms with Crippen LogP contribution in [0.15, 0.2) is 35.4 Å². The van der Waals surface area contributed by atoms with Gasteiger partial charge in [0.25, 0.3) is 5.92 Å². The Balaban J connectivity index is 2.40. The first kappa shape index (κ1) is 19.0. The number of pyridine rings is 2. The topological polar surface area (TPSA) is 107 Å². The van der Waals surface area contributed by atoms with Gasteiger partial charge in [-0.1, -0.05) is 6.92 Å². The van der Waals surface area contributed by atoms with Crippen LogP contribution in [0.1, 0.15) is 13.8 Å². The number of nitrogens with zero attached hydrogens (tertiary/aromatic N) is 2. The predicted octanol–water partition coefficient (Wildman–Crippen LogP) is 2.26. The van der Waals surface area contributed by atoms with E-state index in [1.165, 1.54) is 37.4 Å². The molecule has 0 unspecified atom stereocenters. The molecule has 2 aromatic heterocycles. The Labute approximate surface area is 144 Å². The first-order valence-corrected chi connectivity index (χ1v) is 8.99. The summed E-state index contributed by atoms with van der Waals surface area (Å²) in [7, 11) is -3.54. The Hall–Kier alpha value is -2.33. The second-order valence-corrected chi connectivity index (χ2v) is 7.58. The van der Waals surface area contributed by atoms with E-state index in [1.807, 2.05) is 0 Å². The zero-order chi connectivity index (χ0) is 18.7. The lowest BCUT2D eigenvalue weighted by atomic mass is 10.2. The van der Waals surface area contributed by atoms with Gasteiger partial charge in [0.1, 0.15) is 17.3 Å². The van der Waals surface area contributed by atoms with Gasteiger partial charge in [0.2, 0.25) is 0 Å². The Morgan fingerprint density at radius 3 is 2.52 bits per heavy atom. The van der Waals surface area contributed by atoms with Crippen LogP contribution in [0.3, 0.4) is 0 Å². The summed E-state index contributed by atoms with van der Waals surface area (Å²) in [6.07, 6.45) is 1.23. The fourth-order valence-corrected chi connectivity index (χ4v) is 2.96. The van der Waals surface area contributed by atoms with Gasteiger partial charge in [0, 0.05) is 6.92 Å². The van der Waals surface area contributed by atoms with Crippen molar-refractivity contribution in [1.82, 2.24) is 9.97 Å². The molecule has 0 amide bonds. The number of nitrogens with one attached hydrogen (secondary N) is 1. The van der Waals surface area contributed by atoms with Crippen LogP contribution in [0.2, 0.25) is 0 Å². The second kappa shape index (κ2) is 7.28. The molecule has 0 saturated carbocycles. The number of nitrogen functional groups attached to an aromatic ring is 1. The van der Waals surface area contributed by atoms with Crippen molar-refractivity contribution >= 4 is 15.7 Å². The minimum Gasteiger partial charge on any atom is -0.486 e. The molecule has 2 heterocycles. The number of hydrazine groups is 1. The molecule has 0 aromatic carbocycles. The Bertz CT molecular complexity index is 837. The Morgan fingerprint density at radius 1 is 1.28 bits per heavy atom. The summed E-state index contributed by atoms with van der Waals surface area (Å²) in [5.41, 5.74) is 2.71. The molecule has 0 atom stereocenters. The lowest BCUT2D eigenvalue weighted by Crippen LogP contribution is -2.20. The Morgan fingerprint density at radius 2 is 2.00 bits per heavy atom. The highest BCUT2D eigenvalue weighted by Crippen LogP contribution is 2.27. The maximum atomic E-state index is 12.8. The van der Waals surface area contributed by atoms with Crippen molar-refractivity contribution in [2.75, 3.05) is 17.8 Å². The number of halogens is 2. The number of alkyl halides is 2. The summed E-state index contributed by atoms with van der Waals surface area (Å²) in [5, 5.41) is 0. The van der Waals surface area contributed by atoms with Crippen molar-refractivity contribution in [2.24, 2.45) is 5.84 Å². The summed E-state index contributed by atoms with van der Waals surface area (Å²) < 4.78 is 55.1. The van der Waals surface area contributed by atoms with Gasteiger partial charge >= 0.3 is 0 Å². The maximum absolute atomic E-state index is 12.8. The average molecular weight is 372 g/mol. The number of hydrogen-bond acceptors (Lipinski definition) is 7. The fourth-order valence-electron chi connectivity index (χ4n) is 1.93. The number of ether oxygens (including phenoxy) is 1. The number of aromatic nitrogens is 2. The van der Waals surface area contributed by atoms with E-state index < -0.39 is 22.4 Å². The van der Waals surface area contributed by atoms with Gasteiger partial charge in [0.15, 0.2) is 16.4 Å². The number of nitrogens with two attached hydrogens (primary N) is 1. The van der Waals surface area contributed by atoms with Crippen molar-refractivity contribution in [3.8, 4) is 17.1 Å². The van der Waals surface area contributed by atoms with Crippen molar-refractivity contribution in [1.29, 1.82) is 0 Å². The second-order valence-electron chi connectivity index (χ2n) is 5.33. The van der Waals surface area contributed by atoms with Gasteiger partial charge in [-0.15, -0.1) is 0 Å². The van der Waals surface area contributed by atoms with Crippen LogP contribution < -0.4 is 16.0 Å². The predicted molar refractivity (Wildman–Crippen MR) is 89.1 cm³/mol. The van der Waals surface area contributed by atoms with Crippen molar-refractivity contribution in [3.63, 3.8) is 0 Å². The van der Waals surface area contributed by atoms with E-state index in [4.69, 9.17) is 10.6 Å². The highest BCUT2D eigenvalue weighted by molar-refractivity contribution is 7.91. The van der Waals surface area contributed by atoms with E-state index in [2.05, 4.69) is 15.4 Å². The van der Waals surface area contributed by atoms with Gasteiger partial charge in [-0.3, -0.25) is 4.98 Å². The van der Waals surface area contributed by atoms with E-state index in [0.29, 0.717) is 0 Å². The summed E-state index contributed by atoms with van der Waals surface area (Å²) in [6.45, 7) is 1.48. The third-order valence-electron chi connectivity index (χ3n) is 3.19. The largest absolute Gasteiger partial charge is 0.486 e. The molecule has 0 spiro atoms. The summed E-state index contributed by atoms with van der Waals surface area (Å²) >= 11 is 0. The molecule has 0 bridgehead atoms.